The Balaban J connectivity index is 1.59. The standard InChI is InChI=1S/C22H32N4O8S/c27-14-10-17-18(28)24-22(20(30)25-35(33,34)15-8-9-15)11-13(22)6-4-2-1-3-5-7-16(23-21(31)32)19(29)26(17)12-14/h4,6,13-17,23,27H,1-3,5,7-12H2,(H,24,28)(H,25,30)(H,31,32)/b6-4-/t13-,14-,16+,17+,22-/m1/s1. The minimum Gasteiger partial charge on any atom is -0.465 e. The Bertz CT molecular complexity index is 1030. The highest BCUT2D eigenvalue weighted by Gasteiger charge is 2.62. The average molecular weight is 513 g/mol. The van der Waals surface area contributed by atoms with E-state index in [0.717, 1.165) is 17.7 Å². The van der Waals surface area contributed by atoms with E-state index in [1.165, 1.54) is 0 Å². The number of hydrogen-bond acceptors (Lipinski definition) is 7. The van der Waals surface area contributed by atoms with Gasteiger partial charge in [0.2, 0.25) is 21.8 Å². The highest BCUT2D eigenvalue weighted by atomic mass is 32.2. The molecule has 0 bridgehead atoms. The number of carboxylic acid groups (broad SMARTS) is 1. The number of nitrogens with one attached hydrogen (secondary N) is 3. The molecule has 35 heavy (non-hydrogen) atoms. The third kappa shape index (κ3) is 5.61. The first-order valence-electron chi connectivity index (χ1n) is 12.1. The molecule has 2 saturated carbocycles. The third-order valence-electron chi connectivity index (χ3n) is 7.16. The van der Waals surface area contributed by atoms with Crippen molar-refractivity contribution in [1.82, 2.24) is 20.3 Å². The van der Waals surface area contributed by atoms with E-state index in [9.17, 15) is 37.8 Å². The van der Waals surface area contributed by atoms with Gasteiger partial charge in [0.1, 0.15) is 17.6 Å². The summed E-state index contributed by atoms with van der Waals surface area (Å²) in [5.41, 5.74) is -1.46. The monoisotopic (exact) mass is 512 g/mol. The molecule has 194 valence electrons. The Hall–Kier alpha value is -2.67. The van der Waals surface area contributed by atoms with Crippen molar-refractivity contribution in [2.24, 2.45) is 5.92 Å². The Labute approximate surface area is 203 Å². The number of fused-ring (bicyclic) bond motifs is 2. The van der Waals surface area contributed by atoms with Crippen molar-refractivity contribution in [1.29, 1.82) is 0 Å². The smallest absolute Gasteiger partial charge is 0.405 e. The van der Waals surface area contributed by atoms with Crippen LogP contribution in [0.25, 0.3) is 0 Å². The van der Waals surface area contributed by atoms with Crippen molar-refractivity contribution in [2.45, 2.75) is 86.8 Å². The van der Waals surface area contributed by atoms with Gasteiger partial charge >= 0.3 is 6.09 Å². The third-order valence-corrected chi connectivity index (χ3v) is 8.98. The predicted molar refractivity (Wildman–Crippen MR) is 122 cm³/mol. The summed E-state index contributed by atoms with van der Waals surface area (Å²) in [5, 5.41) is 23.7. The topological polar surface area (TPSA) is 182 Å². The molecule has 0 aromatic rings. The molecular weight excluding hydrogens is 480 g/mol. The maximum absolute atomic E-state index is 13.3. The summed E-state index contributed by atoms with van der Waals surface area (Å²) in [6.07, 6.45) is 5.51. The Morgan fingerprint density at radius 1 is 1.14 bits per heavy atom. The lowest BCUT2D eigenvalue weighted by atomic mass is 10.1. The summed E-state index contributed by atoms with van der Waals surface area (Å²) < 4.78 is 26.9. The van der Waals surface area contributed by atoms with Gasteiger partial charge in [0.15, 0.2) is 0 Å². The number of carbonyl (C=O) groups is 4. The number of allylic oxidation sites excluding steroid dienone is 1. The molecule has 5 atom stereocenters. The lowest BCUT2D eigenvalue weighted by Crippen LogP contribution is -2.58. The molecule has 0 spiro atoms. The van der Waals surface area contributed by atoms with Gasteiger partial charge < -0.3 is 25.7 Å². The first-order chi connectivity index (χ1) is 16.5. The Kier molecular flexibility index (Phi) is 7.09. The van der Waals surface area contributed by atoms with Gasteiger partial charge in [0.25, 0.3) is 5.91 Å². The van der Waals surface area contributed by atoms with Gasteiger partial charge in [-0.2, -0.15) is 0 Å². The minimum atomic E-state index is -3.83. The molecule has 0 aromatic carbocycles. The van der Waals surface area contributed by atoms with Crippen LogP contribution in [-0.2, 0) is 24.4 Å². The van der Waals surface area contributed by atoms with Crippen molar-refractivity contribution in [3.63, 3.8) is 0 Å². The number of aliphatic hydroxyl groups is 1. The Morgan fingerprint density at radius 3 is 2.57 bits per heavy atom. The second-order valence-corrected chi connectivity index (χ2v) is 11.9. The molecule has 3 fully saturated rings. The number of sulfonamides is 1. The van der Waals surface area contributed by atoms with Gasteiger partial charge in [-0.25, -0.2) is 13.2 Å². The number of aliphatic hydroxyl groups excluding tert-OH is 1. The van der Waals surface area contributed by atoms with Gasteiger partial charge in [-0.15, -0.1) is 0 Å². The van der Waals surface area contributed by atoms with E-state index >= 15 is 0 Å². The van der Waals surface area contributed by atoms with Crippen LogP contribution < -0.4 is 15.4 Å². The fraction of sp³-hybridized carbons (Fsp3) is 0.727. The van der Waals surface area contributed by atoms with Gasteiger partial charge in [0.05, 0.1) is 11.4 Å². The van der Waals surface area contributed by atoms with Crippen LogP contribution in [0, 0.1) is 5.92 Å². The normalized spacial score (nSPS) is 34.9. The highest BCUT2D eigenvalue weighted by molar-refractivity contribution is 7.91. The summed E-state index contributed by atoms with van der Waals surface area (Å²) in [5.74, 6) is -2.51. The van der Waals surface area contributed by atoms with Crippen molar-refractivity contribution < 1.29 is 37.8 Å². The summed E-state index contributed by atoms with van der Waals surface area (Å²) >= 11 is 0. The fourth-order valence-electron chi connectivity index (χ4n) is 4.93. The van der Waals surface area contributed by atoms with Gasteiger partial charge in [0, 0.05) is 18.9 Å². The predicted octanol–water partition coefficient (Wildman–Crippen LogP) is -0.412. The quantitative estimate of drug-likeness (QED) is 0.315. The van der Waals surface area contributed by atoms with Gasteiger partial charge in [-0.05, 0) is 38.5 Å². The van der Waals surface area contributed by atoms with Gasteiger partial charge in [-0.3, -0.25) is 19.1 Å². The number of rotatable bonds is 4. The van der Waals surface area contributed by atoms with Crippen LogP contribution in [0.3, 0.4) is 0 Å². The first kappa shape index (κ1) is 25.4. The maximum Gasteiger partial charge on any atom is 0.405 e. The molecule has 0 aromatic heterocycles. The molecule has 4 amide bonds. The van der Waals surface area contributed by atoms with Crippen molar-refractivity contribution in [3.05, 3.63) is 12.2 Å². The highest BCUT2D eigenvalue weighted by Crippen LogP contribution is 2.46. The summed E-state index contributed by atoms with van der Waals surface area (Å²) in [7, 11) is -3.83. The van der Waals surface area contributed by atoms with Crippen LogP contribution >= 0.6 is 0 Å². The second kappa shape index (κ2) is 9.76. The van der Waals surface area contributed by atoms with Crippen molar-refractivity contribution in [3.8, 4) is 0 Å². The van der Waals surface area contributed by atoms with E-state index in [1.807, 2.05) is 12.2 Å². The largest absolute Gasteiger partial charge is 0.465 e. The van der Waals surface area contributed by atoms with E-state index in [1.54, 1.807) is 0 Å². The van der Waals surface area contributed by atoms with Gasteiger partial charge in [-0.1, -0.05) is 25.0 Å². The van der Waals surface area contributed by atoms with Crippen LogP contribution in [0.2, 0.25) is 0 Å². The van der Waals surface area contributed by atoms with Crippen LogP contribution in [0.15, 0.2) is 12.2 Å². The van der Waals surface area contributed by atoms with Crippen molar-refractivity contribution >= 4 is 33.8 Å². The number of amides is 4. The van der Waals surface area contributed by atoms with Crippen LogP contribution in [0.1, 0.15) is 57.8 Å². The Morgan fingerprint density at radius 2 is 1.89 bits per heavy atom. The summed E-state index contributed by atoms with van der Waals surface area (Å²) in [6, 6.07) is -2.18. The molecule has 5 N–H and O–H groups in total. The zero-order valence-electron chi connectivity index (χ0n) is 19.3. The maximum atomic E-state index is 13.3. The number of carbonyl (C=O) groups excluding carboxylic acids is 3. The minimum absolute atomic E-state index is 0.0735. The number of hydrogen-bond donors (Lipinski definition) is 5. The average Bonchev–Trinajstić information content (AvgIpc) is 3.69. The molecule has 12 nitrogen and oxygen atoms in total. The zero-order valence-corrected chi connectivity index (χ0v) is 20.1. The van der Waals surface area contributed by atoms with Crippen LogP contribution in [-0.4, -0.2) is 82.9 Å². The van der Waals surface area contributed by atoms with E-state index < -0.39 is 68.7 Å². The van der Waals surface area contributed by atoms with Crippen LogP contribution in [0.5, 0.6) is 0 Å². The molecule has 2 aliphatic carbocycles. The SMILES string of the molecule is O=C(O)N[C@H]1CCCCC/C=C\[C@@H]2C[C@@]2(C(=O)NS(=O)(=O)C2CC2)NC(=O)[C@@H]2C[C@@H](O)CN2C1=O. The molecular formula is C22H32N4O8S. The summed E-state index contributed by atoms with van der Waals surface area (Å²) in [4.78, 5) is 52.0. The molecule has 13 heteroatoms. The number of nitrogens with zero attached hydrogens (tertiary/aromatic N) is 1. The lowest BCUT2D eigenvalue weighted by molar-refractivity contribution is -0.141. The second-order valence-electron chi connectivity index (χ2n) is 9.91. The molecule has 0 unspecified atom stereocenters. The molecule has 4 aliphatic rings. The molecule has 2 heterocycles. The molecule has 1 saturated heterocycles. The summed E-state index contributed by atoms with van der Waals surface area (Å²) in [6.45, 7) is -0.146. The zero-order chi connectivity index (χ0) is 25.4. The van der Waals surface area contributed by atoms with E-state index in [-0.39, 0.29) is 25.8 Å². The van der Waals surface area contributed by atoms with Crippen molar-refractivity contribution in [2.75, 3.05) is 6.54 Å². The first-order valence-corrected chi connectivity index (χ1v) is 13.6. The van der Waals surface area contributed by atoms with E-state index in [4.69, 9.17) is 0 Å². The molecule has 2 aliphatic heterocycles. The lowest BCUT2D eigenvalue weighted by Gasteiger charge is -2.29. The van der Waals surface area contributed by atoms with Crippen LogP contribution in [0.4, 0.5) is 4.79 Å². The van der Waals surface area contributed by atoms with E-state index in [0.29, 0.717) is 25.7 Å². The van der Waals surface area contributed by atoms with E-state index in [2.05, 4.69) is 15.4 Å². The fourth-order valence-corrected chi connectivity index (χ4v) is 6.29. The molecule has 0 radical (unpaired) electrons. The molecule has 4 rings (SSSR count).